The highest BCUT2D eigenvalue weighted by Gasteiger charge is 2.30. The van der Waals surface area contributed by atoms with Crippen LogP contribution in [-0.4, -0.2) is 53.0 Å². The Morgan fingerprint density at radius 3 is 3.00 bits per heavy atom. The fourth-order valence-electron chi connectivity index (χ4n) is 4.23. The van der Waals surface area contributed by atoms with Crippen LogP contribution in [-0.2, 0) is 0 Å². The molecular weight excluding hydrogens is 354 g/mol. The molecule has 2 aromatic heterocycles. The average molecular weight is 377 g/mol. The summed E-state index contributed by atoms with van der Waals surface area (Å²) < 4.78 is 5.52. The molecule has 5 rings (SSSR count). The van der Waals surface area contributed by atoms with Crippen molar-refractivity contribution in [1.29, 1.82) is 0 Å². The molecule has 0 spiro atoms. The molecule has 7 heteroatoms. The molecule has 1 unspecified atom stereocenters. The SMILES string of the molecule is Cc1nc2ccc(NC(=O)c3ccc(N4CCN5CCCC5C4)nc3)cc2o1. The van der Waals surface area contributed by atoms with Gasteiger partial charge < -0.3 is 14.6 Å². The van der Waals surface area contributed by atoms with Crippen LogP contribution < -0.4 is 10.2 Å². The molecule has 2 fully saturated rings. The number of aryl methyl sites for hydroxylation is 1. The van der Waals surface area contributed by atoms with Crippen LogP contribution >= 0.6 is 0 Å². The van der Waals surface area contributed by atoms with Crippen LogP contribution in [0.2, 0.25) is 0 Å². The molecule has 1 N–H and O–H groups in total. The summed E-state index contributed by atoms with van der Waals surface area (Å²) in [6, 6.07) is 9.89. The summed E-state index contributed by atoms with van der Waals surface area (Å²) in [5, 5.41) is 2.90. The lowest BCUT2D eigenvalue weighted by Crippen LogP contribution is -2.50. The quantitative estimate of drug-likeness (QED) is 0.756. The zero-order valence-electron chi connectivity index (χ0n) is 15.9. The zero-order valence-corrected chi connectivity index (χ0v) is 15.9. The second-order valence-corrected chi connectivity index (χ2v) is 7.55. The van der Waals surface area contributed by atoms with E-state index < -0.39 is 0 Å². The van der Waals surface area contributed by atoms with E-state index in [0.717, 1.165) is 31.0 Å². The van der Waals surface area contributed by atoms with E-state index in [2.05, 4.69) is 25.1 Å². The Morgan fingerprint density at radius 2 is 2.14 bits per heavy atom. The van der Waals surface area contributed by atoms with Crippen molar-refractivity contribution in [2.75, 3.05) is 36.4 Å². The lowest BCUT2D eigenvalue weighted by molar-refractivity contribution is 0.102. The number of oxazole rings is 1. The van der Waals surface area contributed by atoms with Crippen LogP contribution in [0, 0.1) is 6.92 Å². The molecule has 3 aromatic rings. The molecule has 144 valence electrons. The summed E-state index contributed by atoms with van der Waals surface area (Å²) in [5.74, 6) is 1.37. The van der Waals surface area contributed by atoms with E-state index in [-0.39, 0.29) is 5.91 Å². The van der Waals surface area contributed by atoms with Gasteiger partial charge in [-0.05, 0) is 43.7 Å². The van der Waals surface area contributed by atoms with Gasteiger partial charge in [-0.15, -0.1) is 0 Å². The van der Waals surface area contributed by atoms with Gasteiger partial charge in [0.05, 0.1) is 5.56 Å². The number of hydrogen-bond acceptors (Lipinski definition) is 6. The summed E-state index contributed by atoms with van der Waals surface area (Å²) in [6.45, 7) is 6.14. The van der Waals surface area contributed by atoms with Gasteiger partial charge in [0.2, 0.25) is 0 Å². The Bertz CT molecular complexity index is 1010. The maximum atomic E-state index is 12.6. The molecule has 1 atom stereocenters. The molecule has 0 bridgehead atoms. The number of nitrogens with one attached hydrogen (secondary N) is 1. The van der Waals surface area contributed by atoms with Crippen LogP contribution in [0.3, 0.4) is 0 Å². The highest BCUT2D eigenvalue weighted by Crippen LogP contribution is 2.25. The minimum atomic E-state index is -0.185. The summed E-state index contributed by atoms with van der Waals surface area (Å²) in [6.07, 6.45) is 4.22. The smallest absolute Gasteiger partial charge is 0.257 e. The van der Waals surface area contributed by atoms with E-state index in [9.17, 15) is 4.79 Å². The van der Waals surface area contributed by atoms with Gasteiger partial charge in [0.25, 0.3) is 5.91 Å². The summed E-state index contributed by atoms with van der Waals surface area (Å²) >= 11 is 0. The number of nitrogens with zero attached hydrogens (tertiary/aromatic N) is 4. The minimum absolute atomic E-state index is 0.185. The molecule has 7 nitrogen and oxygen atoms in total. The standard InChI is InChI=1S/C21H23N5O2/c1-14-23-18-6-5-16(11-19(18)28-14)24-21(27)15-4-7-20(22-12-15)26-10-9-25-8-2-3-17(25)13-26/h4-7,11-12,17H,2-3,8-10,13H2,1H3,(H,24,27). The minimum Gasteiger partial charge on any atom is -0.441 e. The summed E-state index contributed by atoms with van der Waals surface area (Å²) in [5.41, 5.74) is 2.66. The van der Waals surface area contributed by atoms with E-state index in [1.165, 1.54) is 19.4 Å². The first kappa shape index (κ1) is 17.2. The molecular formula is C21H23N5O2. The number of amides is 1. The predicted octanol–water partition coefficient (Wildman–Crippen LogP) is 3.07. The van der Waals surface area contributed by atoms with Gasteiger partial charge in [-0.1, -0.05) is 0 Å². The summed E-state index contributed by atoms with van der Waals surface area (Å²) in [4.78, 5) is 26.3. The van der Waals surface area contributed by atoms with Crippen molar-refractivity contribution in [1.82, 2.24) is 14.9 Å². The van der Waals surface area contributed by atoms with E-state index in [1.54, 1.807) is 19.2 Å². The Balaban J connectivity index is 1.27. The number of hydrogen-bond donors (Lipinski definition) is 1. The van der Waals surface area contributed by atoms with Crippen LogP contribution in [0.4, 0.5) is 11.5 Å². The van der Waals surface area contributed by atoms with Crippen molar-refractivity contribution >= 4 is 28.5 Å². The van der Waals surface area contributed by atoms with Crippen LogP contribution in [0.25, 0.3) is 11.1 Å². The normalized spacial score (nSPS) is 19.8. The van der Waals surface area contributed by atoms with E-state index >= 15 is 0 Å². The van der Waals surface area contributed by atoms with E-state index in [0.29, 0.717) is 28.8 Å². The number of fused-ring (bicyclic) bond motifs is 2. The molecule has 0 saturated carbocycles. The van der Waals surface area contributed by atoms with Gasteiger partial charge in [0.1, 0.15) is 11.3 Å². The molecule has 0 radical (unpaired) electrons. The maximum Gasteiger partial charge on any atom is 0.257 e. The van der Waals surface area contributed by atoms with Crippen molar-refractivity contribution in [2.24, 2.45) is 0 Å². The maximum absolute atomic E-state index is 12.6. The first-order chi connectivity index (χ1) is 13.7. The third-order valence-corrected chi connectivity index (χ3v) is 5.67. The first-order valence-electron chi connectivity index (χ1n) is 9.79. The molecule has 2 aliphatic rings. The fourth-order valence-corrected chi connectivity index (χ4v) is 4.23. The second-order valence-electron chi connectivity index (χ2n) is 7.55. The van der Waals surface area contributed by atoms with Crippen molar-refractivity contribution in [3.8, 4) is 0 Å². The Morgan fingerprint density at radius 1 is 1.21 bits per heavy atom. The molecule has 2 saturated heterocycles. The Kier molecular flexibility index (Phi) is 4.24. The van der Waals surface area contributed by atoms with Crippen LogP contribution in [0.15, 0.2) is 40.9 Å². The lowest BCUT2D eigenvalue weighted by atomic mass is 10.1. The molecule has 0 aliphatic carbocycles. The third kappa shape index (κ3) is 3.22. The van der Waals surface area contributed by atoms with Crippen LogP contribution in [0.5, 0.6) is 0 Å². The van der Waals surface area contributed by atoms with Gasteiger partial charge in [0, 0.05) is 50.6 Å². The van der Waals surface area contributed by atoms with Gasteiger partial charge >= 0.3 is 0 Å². The van der Waals surface area contributed by atoms with Gasteiger partial charge in [-0.2, -0.15) is 0 Å². The number of pyridine rings is 1. The Labute approximate surface area is 163 Å². The van der Waals surface area contributed by atoms with Gasteiger partial charge in [0.15, 0.2) is 11.5 Å². The lowest BCUT2D eigenvalue weighted by Gasteiger charge is -2.38. The number of benzene rings is 1. The van der Waals surface area contributed by atoms with Gasteiger partial charge in [-0.25, -0.2) is 9.97 Å². The highest BCUT2D eigenvalue weighted by atomic mass is 16.3. The molecule has 1 aromatic carbocycles. The fraction of sp³-hybridized carbons (Fsp3) is 0.381. The number of anilines is 2. The molecule has 4 heterocycles. The van der Waals surface area contributed by atoms with Gasteiger partial charge in [-0.3, -0.25) is 9.69 Å². The van der Waals surface area contributed by atoms with Crippen molar-refractivity contribution in [3.63, 3.8) is 0 Å². The van der Waals surface area contributed by atoms with Crippen molar-refractivity contribution in [2.45, 2.75) is 25.8 Å². The second kappa shape index (κ2) is 6.91. The molecule has 2 aliphatic heterocycles. The predicted molar refractivity (Wildman–Crippen MR) is 108 cm³/mol. The topological polar surface area (TPSA) is 74.5 Å². The van der Waals surface area contributed by atoms with E-state index in [4.69, 9.17) is 4.42 Å². The Hall–Kier alpha value is -2.93. The average Bonchev–Trinajstić information content (AvgIpc) is 3.32. The van der Waals surface area contributed by atoms with Crippen molar-refractivity contribution < 1.29 is 9.21 Å². The zero-order chi connectivity index (χ0) is 19.1. The number of aromatic nitrogens is 2. The molecule has 28 heavy (non-hydrogen) atoms. The third-order valence-electron chi connectivity index (χ3n) is 5.67. The number of carbonyl (C=O) groups is 1. The largest absolute Gasteiger partial charge is 0.441 e. The highest BCUT2D eigenvalue weighted by molar-refractivity contribution is 6.04. The molecule has 1 amide bonds. The summed E-state index contributed by atoms with van der Waals surface area (Å²) in [7, 11) is 0. The first-order valence-corrected chi connectivity index (χ1v) is 9.79. The van der Waals surface area contributed by atoms with Crippen molar-refractivity contribution in [3.05, 3.63) is 48.0 Å². The number of piperazine rings is 1. The number of rotatable bonds is 3. The van der Waals surface area contributed by atoms with Crippen LogP contribution in [0.1, 0.15) is 29.1 Å². The number of carbonyl (C=O) groups excluding carboxylic acids is 1. The monoisotopic (exact) mass is 377 g/mol. The van der Waals surface area contributed by atoms with E-state index in [1.807, 2.05) is 24.3 Å².